The van der Waals surface area contributed by atoms with E-state index in [1.54, 1.807) is 0 Å². The van der Waals surface area contributed by atoms with E-state index >= 15 is 0 Å². The molecule has 0 aromatic heterocycles. The Bertz CT molecular complexity index is 798. The number of nitrogens with zero attached hydrogens (tertiary/aromatic N) is 2. The molecule has 0 atom stereocenters. The van der Waals surface area contributed by atoms with E-state index in [1.807, 2.05) is 12.1 Å². The Morgan fingerprint density at radius 2 is 1.11 bits per heavy atom. The van der Waals surface area contributed by atoms with Gasteiger partial charge in [0.1, 0.15) is 0 Å². The molecule has 3 nitrogen and oxygen atoms in total. The maximum Gasteiger partial charge on any atom is 0.0431 e. The minimum Gasteiger partial charge on any atom is -0.399 e. The van der Waals surface area contributed by atoms with Gasteiger partial charge in [0.15, 0.2) is 0 Å². The van der Waals surface area contributed by atoms with Crippen LogP contribution >= 0.6 is 0 Å². The zero-order chi connectivity index (χ0) is 19.9. The number of nitrogen functional groups attached to an aromatic ring is 1. The van der Waals surface area contributed by atoms with Crippen molar-refractivity contribution in [2.24, 2.45) is 0 Å². The molecule has 0 heterocycles. The summed E-state index contributed by atoms with van der Waals surface area (Å²) in [6.07, 6.45) is 2.17. The lowest BCUT2D eigenvalue weighted by molar-refractivity contribution is 0.876. The number of aryl methyl sites for hydroxylation is 1. The van der Waals surface area contributed by atoms with Gasteiger partial charge >= 0.3 is 0 Å². The minimum absolute atomic E-state index is 0.794. The topological polar surface area (TPSA) is 32.5 Å². The fourth-order valence-corrected chi connectivity index (χ4v) is 3.47. The summed E-state index contributed by atoms with van der Waals surface area (Å²) in [5.74, 6) is 0. The predicted octanol–water partition coefficient (Wildman–Crippen LogP) is 6.67. The lowest BCUT2D eigenvalue weighted by Crippen LogP contribution is -2.20. The van der Waals surface area contributed by atoms with E-state index in [4.69, 9.17) is 5.73 Å². The van der Waals surface area contributed by atoms with Crippen molar-refractivity contribution in [3.8, 4) is 0 Å². The molecule has 0 amide bonds. The van der Waals surface area contributed by atoms with Crippen LogP contribution in [0.5, 0.6) is 0 Å². The molecule has 0 unspecified atom stereocenters. The van der Waals surface area contributed by atoms with E-state index in [-0.39, 0.29) is 0 Å². The summed E-state index contributed by atoms with van der Waals surface area (Å²) in [5, 5.41) is 0. The highest BCUT2D eigenvalue weighted by Gasteiger charge is 2.13. The molecule has 3 heteroatoms. The number of hydrogen-bond donors (Lipinski definition) is 1. The Balaban J connectivity index is 1.97. The molecule has 3 aromatic rings. The van der Waals surface area contributed by atoms with Crippen molar-refractivity contribution in [3.63, 3.8) is 0 Å². The van der Waals surface area contributed by atoms with Crippen molar-refractivity contribution in [2.45, 2.75) is 33.6 Å². The van der Waals surface area contributed by atoms with Gasteiger partial charge in [-0.25, -0.2) is 0 Å². The third-order valence-electron chi connectivity index (χ3n) is 4.90. The van der Waals surface area contributed by atoms with Gasteiger partial charge in [0.05, 0.1) is 0 Å². The van der Waals surface area contributed by atoms with E-state index in [0.717, 1.165) is 31.6 Å². The summed E-state index contributed by atoms with van der Waals surface area (Å²) in [6, 6.07) is 25.8. The Kier molecular flexibility index (Phi) is 6.59. The van der Waals surface area contributed by atoms with E-state index in [1.165, 1.54) is 28.3 Å². The highest BCUT2D eigenvalue weighted by Crippen LogP contribution is 2.32. The van der Waals surface area contributed by atoms with Crippen molar-refractivity contribution >= 4 is 28.4 Å². The van der Waals surface area contributed by atoms with Gasteiger partial charge in [-0.2, -0.15) is 0 Å². The maximum atomic E-state index is 5.89. The molecular formula is C25H31N3. The quantitative estimate of drug-likeness (QED) is 0.447. The summed E-state index contributed by atoms with van der Waals surface area (Å²) in [4.78, 5) is 4.76. The van der Waals surface area contributed by atoms with Crippen LogP contribution in [0.3, 0.4) is 0 Å². The average molecular weight is 374 g/mol. The molecule has 0 bridgehead atoms. The second-order valence-corrected chi connectivity index (χ2v) is 7.25. The van der Waals surface area contributed by atoms with Gasteiger partial charge in [-0.3, -0.25) is 0 Å². The SMILES string of the molecule is CCCN(c1ccc(C)cc1)c1cccc(N(CCC)c2ccc(N)cc2)c1. The first-order valence-corrected chi connectivity index (χ1v) is 10.2. The lowest BCUT2D eigenvalue weighted by atomic mass is 10.1. The molecule has 0 spiro atoms. The number of rotatable bonds is 8. The molecule has 0 fully saturated rings. The first-order chi connectivity index (χ1) is 13.6. The minimum atomic E-state index is 0.794. The summed E-state index contributed by atoms with van der Waals surface area (Å²) in [6.45, 7) is 8.52. The Labute approximate surface area is 169 Å². The molecule has 0 saturated carbocycles. The highest BCUT2D eigenvalue weighted by molar-refractivity contribution is 5.72. The monoisotopic (exact) mass is 373 g/mol. The second-order valence-electron chi connectivity index (χ2n) is 7.25. The van der Waals surface area contributed by atoms with Crippen LogP contribution in [0, 0.1) is 6.92 Å². The third-order valence-corrected chi connectivity index (χ3v) is 4.90. The van der Waals surface area contributed by atoms with Crippen LogP contribution in [-0.4, -0.2) is 13.1 Å². The summed E-state index contributed by atoms with van der Waals surface area (Å²) >= 11 is 0. The fourth-order valence-electron chi connectivity index (χ4n) is 3.47. The third kappa shape index (κ3) is 4.66. The molecule has 3 rings (SSSR count). The van der Waals surface area contributed by atoms with Gasteiger partial charge in [-0.1, -0.05) is 37.6 Å². The van der Waals surface area contributed by atoms with Gasteiger partial charge < -0.3 is 15.5 Å². The first-order valence-electron chi connectivity index (χ1n) is 10.2. The maximum absolute atomic E-state index is 5.89. The van der Waals surface area contributed by atoms with Crippen molar-refractivity contribution < 1.29 is 0 Å². The number of nitrogens with two attached hydrogens (primary N) is 1. The molecule has 0 aliphatic heterocycles. The van der Waals surface area contributed by atoms with Gasteiger partial charge in [-0.15, -0.1) is 0 Å². The highest BCUT2D eigenvalue weighted by atomic mass is 15.2. The molecule has 146 valence electrons. The van der Waals surface area contributed by atoms with Crippen LogP contribution in [0.2, 0.25) is 0 Å². The van der Waals surface area contributed by atoms with E-state index in [2.05, 4.69) is 91.2 Å². The fraction of sp³-hybridized carbons (Fsp3) is 0.280. The van der Waals surface area contributed by atoms with Crippen molar-refractivity contribution in [1.82, 2.24) is 0 Å². The summed E-state index contributed by atoms with van der Waals surface area (Å²) in [5.41, 5.74) is 12.8. The predicted molar refractivity (Wildman–Crippen MR) is 123 cm³/mol. The smallest absolute Gasteiger partial charge is 0.0431 e. The van der Waals surface area contributed by atoms with E-state index < -0.39 is 0 Å². The average Bonchev–Trinajstić information content (AvgIpc) is 2.72. The van der Waals surface area contributed by atoms with Crippen molar-refractivity contribution in [3.05, 3.63) is 78.4 Å². The summed E-state index contributed by atoms with van der Waals surface area (Å²) in [7, 11) is 0. The van der Waals surface area contributed by atoms with Gasteiger partial charge in [0.2, 0.25) is 0 Å². The Morgan fingerprint density at radius 3 is 1.57 bits per heavy atom. The van der Waals surface area contributed by atoms with Crippen LogP contribution in [0.4, 0.5) is 28.4 Å². The van der Waals surface area contributed by atoms with Gasteiger partial charge in [0, 0.05) is 41.5 Å². The molecular weight excluding hydrogens is 342 g/mol. The number of anilines is 5. The molecule has 28 heavy (non-hydrogen) atoms. The molecule has 3 aromatic carbocycles. The molecule has 2 N–H and O–H groups in total. The second kappa shape index (κ2) is 9.32. The van der Waals surface area contributed by atoms with Crippen LogP contribution in [0.15, 0.2) is 72.8 Å². The van der Waals surface area contributed by atoms with Crippen molar-refractivity contribution in [2.75, 3.05) is 28.6 Å². The van der Waals surface area contributed by atoms with Crippen LogP contribution < -0.4 is 15.5 Å². The Hall–Kier alpha value is -2.94. The molecule has 0 aliphatic rings. The van der Waals surface area contributed by atoms with Gasteiger partial charge in [0.25, 0.3) is 0 Å². The molecule has 0 radical (unpaired) electrons. The molecule has 0 aliphatic carbocycles. The number of benzene rings is 3. The zero-order valence-corrected chi connectivity index (χ0v) is 17.2. The van der Waals surface area contributed by atoms with Gasteiger partial charge in [-0.05, 0) is 74.4 Å². The van der Waals surface area contributed by atoms with Crippen LogP contribution in [0.1, 0.15) is 32.3 Å². The number of hydrogen-bond acceptors (Lipinski definition) is 3. The first kappa shape index (κ1) is 19.8. The van der Waals surface area contributed by atoms with Crippen LogP contribution in [0.25, 0.3) is 0 Å². The standard InChI is InChI=1S/C25H31N3/c1-4-17-27(22-13-9-20(3)10-14-22)24-7-6-8-25(19-24)28(18-5-2)23-15-11-21(26)12-16-23/h6-16,19H,4-5,17-18,26H2,1-3H3. The van der Waals surface area contributed by atoms with E-state index in [9.17, 15) is 0 Å². The zero-order valence-electron chi connectivity index (χ0n) is 17.2. The lowest BCUT2D eigenvalue weighted by Gasteiger charge is -2.29. The normalized spacial score (nSPS) is 10.7. The van der Waals surface area contributed by atoms with Crippen LogP contribution in [-0.2, 0) is 0 Å². The largest absolute Gasteiger partial charge is 0.399 e. The Morgan fingerprint density at radius 1 is 0.643 bits per heavy atom. The molecule has 0 saturated heterocycles. The van der Waals surface area contributed by atoms with E-state index in [0.29, 0.717) is 0 Å². The van der Waals surface area contributed by atoms with Crippen molar-refractivity contribution in [1.29, 1.82) is 0 Å². The summed E-state index contributed by atoms with van der Waals surface area (Å²) < 4.78 is 0.